The molecular weight excluding hydrogens is 180 g/mol. The topological polar surface area (TPSA) is 38.7 Å². The van der Waals surface area contributed by atoms with Crippen LogP contribution in [0.5, 0.6) is 0 Å². The monoisotopic (exact) mass is 202 g/mol. The van der Waals surface area contributed by atoms with Gasteiger partial charge < -0.3 is 14.6 Å². The molecule has 0 unspecified atom stereocenters. The van der Waals surface area contributed by atoms with E-state index in [0.29, 0.717) is 0 Å². The lowest BCUT2D eigenvalue weighted by Gasteiger charge is -2.35. The van der Waals surface area contributed by atoms with Gasteiger partial charge in [-0.25, -0.2) is 0 Å². The van der Waals surface area contributed by atoms with Crippen molar-refractivity contribution >= 4 is 0 Å². The first-order valence-electron chi connectivity index (χ1n) is 5.09. The SMILES string of the molecule is COC(OC)[C@@]1(C)CC(C)(C)C[C@@H]1O. The van der Waals surface area contributed by atoms with Crippen LogP contribution in [0.15, 0.2) is 0 Å². The maximum Gasteiger partial charge on any atom is 0.164 e. The highest BCUT2D eigenvalue weighted by Gasteiger charge is 2.52. The summed E-state index contributed by atoms with van der Waals surface area (Å²) in [5.74, 6) is 0. The average Bonchev–Trinajstić information content (AvgIpc) is 2.23. The molecule has 1 aliphatic carbocycles. The van der Waals surface area contributed by atoms with E-state index in [4.69, 9.17) is 9.47 Å². The third-order valence-electron chi connectivity index (χ3n) is 3.33. The molecule has 14 heavy (non-hydrogen) atoms. The van der Waals surface area contributed by atoms with Gasteiger partial charge in [-0.15, -0.1) is 0 Å². The number of hydrogen-bond acceptors (Lipinski definition) is 3. The van der Waals surface area contributed by atoms with Crippen molar-refractivity contribution in [1.82, 2.24) is 0 Å². The minimum Gasteiger partial charge on any atom is -0.392 e. The minimum absolute atomic E-state index is 0.170. The zero-order valence-corrected chi connectivity index (χ0v) is 9.83. The molecule has 0 aromatic carbocycles. The predicted octanol–water partition coefficient (Wildman–Crippen LogP) is 1.79. The summed E-state index contributed by atoms with van der Waals surface area (Å²) >= 11 is 0. The molecule has 0 radical (unpaired) electrons. The number of hydrogen-bond donors (Lipinski definition) is 1. The Morgan fingerprint density at radius 3 is 2.00 bits per heavy atom. The lowest BCUT2D eigenvalue weighted by Crippen LogP contribution is -2.41. The first-order chi connectivity index (χ1) is 6.35. The van der Waals surface area contributed by atoms with Crippen molar-refractivity contribution in [3.63, 3.8) is 0 Å². The molecule has 84 valence electrons. The minimum atomic E-state index is -0.345. The molecule has 2 atom stereocenters. The molecule has 3 nitrogen and oxygen atoms in total. The lowest BCUT2D eigenvalue weighted by molar-refractivity contribution is -0.196. The second kappa shape index (κ2) is 3.80. The molecule has 0 aromatic rings. The standard InChI is InChI=1S/C11H22O3/c1-10(2)6-8(12)11(3,7-10)9(13-4)14-5/h8-9,12H,6-7H2,1-5H3/t8-,11-/m0/s1. The Balaban J connectivity index is 2.83. The van der Waals surface area contributed by atoms with Crippen LogP contribution in [0.2, 0.25) is 0 Å². The maximum absolute atomic E-state index is 10.1. The van der Waals surface area contributed by atoms with Crippen LogP contribution in [0.25, 0.3) is 0 Å². The quantitative estimate of drug-likeness (QED) is 0.709. The highest BCUT2D eigenvalue weighted by atomic mass is 16.7. The van der Waals surface area contributed by atoms with E-state index >= 15 is 0 Å². The first-order valence-corrected chi connectivity index (χ1v) is 5.09. The number of methoxy groups -OCH3 is 2. The van der Waals surface area contributed by atoms with Crippen molar-refractivity contribution in [1.29, 1.82) is 0 Å². The molecule has 1 rings (SSSR count). The normalized spacial score (nSPS) is 36.6. The molecule has 1 aliphatic rings. The molecule has 0 aromatic heterocycles. The van der Waals surface area contributed by atoms with Gasteiger partial charge in [-0.05, 0) is 18.3 Å². The molecule has 0 amide bonds. The second-order valence-corrected chi connectivity index (χ2v) is 5.37. The van der Waals surface area contributed by atoms with Gasteiger partial charge in [-0.3, -0.25) is 0 Å². The smallest absolute Gasteiger partial charge is 0.164 e. The van der Waals surface area contributed by atoms with Crippen molar-refractivity contribution in [3.8, 4) is 0 Å². The zero-order chi connectivity index (χ0) is 11.0. The Morgan fingerprint density at radius 1 is 1.21 bits per heavy atom. The lowest BCUT2D eigenvalue weighted by atomic mass is 9.82. The summed E-state index contributed by atoms with van der Waals surface area (Å²) in [7, 11) is 3.24. The zero-order valence-electron chi connectivity index (χ0n) is 9.83. The molecule has 1 saturated carbocycles. The van der Waals surface area contributed by atoms with E-state index < -0.39 is 0 Å². The van der Waals surface area contributed by atoms with E-state index in [0.717, 1.165) is 12.8 Å². The Morgan fingerprint density at radius 2 is 1.71 bits per heavy atom. The van der Waals surface area contributed by atoms with E-state index in [9.17, 15) is 5.11 Å². The highest BCUT2D eigenvalue weighted by Crippen LogP contribution is 2.51. The summed E-state index contributed by atoms with van der Waals surface area (Å²) in [4.78, 5) is 0. The average molecular weight is 202 g/mol. The van der Waals surface area contributed by atoms with Crippen molar-refractivity contribution in [2.45, 2.75) is 46.0 Å². The van der Waals surface area contributed by atoms with Gasteiger partial charge in [0.1, 0.15) is 0 Å². The number of rotatable bonds is 3. The fourth-order valence-corrected chi connectivity index (χ4v) is 2.85. The van der Waals surface area contributed by atoms with Crippen LogP contribution < -0.4 is 0 Å². The van der Waals surface area contributed by atoms with E-state index in [1.54, 1.807) is 14.2 Å². The van der Waals surface area contributed by atoms with E-state index in [1.165, 1.54) is 0 Å². The maximum atomic E-state index is 10.1. The van der Waals surface area contributed by atoms with Crippen molar-refractivity contribution < 1.29 is 14.6 Å². The van der Waals surface area contributed by atoms with Crippen LogP contribution in [0, 0.1) is 10.8 Å². The highest BCUT2D eigenvalue weighted by molar-refractivity contribution is 4.99. The summed E-state index contributed by atoms with van der Waals surface area (Å²) in [5, 5.41) is 10.1. The van der Waals surface area contributed by atoms with Gasteiger partial charge in [0.15, 0.2) is 6.29 Å². The third-order valence-corrected chi connectivity index (χ3v) is 3.33. The van der Waals surface area contributed by atoms with Crippen LogP contribution in [-0.4, -0.2) is 31.7 Å². The first kappa shape index (κ1) is 12.0. The molecule has 0 spiro atoms. The molecule has 0 heterocycles. The second-order valence-electron chi connectivity index (χ2n) is 5.37. The van der Waals surface area contributed by atoms with E-state index in [2.05, 4.69) is 13.8 Å². The van der Waals surface area contributed by atoms with Crippen LogP contribution in [0.3, 0.4) is 0 Å². The summed E-state index contributed by atoms with van der Waals surface area (Å²) in [6.45, 7) is 6.37. The summed E-state index contributed by atoms with van der Waals surface area (Å²) in [6, 6.07) is 0. The van der Waals surface area contributed by atoms with Gasteiger partial charge in [-0.1, -0.05) is 20.8 Å². The largest absolute Gasteiger partial charge is 0.392 e. The Bertz CT molecular complexity index is 199. The number of aliphatic hydroxyl groups is 1. The molecule has 3 heteroatoms. The van der Waals surface area contributed by atoms with E-state index in [-0.39, 0.29) is 23.2 Å². The van der Waals surface area contributed by atoms with Crippen LogP contribution >= 0.6 is 0 Å². The van der Waals surface area contributed by atoms with Crippen molar-refractivity contribution in [2.24, 2.45) is 10.8 Å². The van der Waals surface area contributed by atoms with Gasteiger partial charge in [0, 0.05) is 19.6 Å². The fourth-order valence-electron chi connectivity index (χ4n) is 2.85. The van der Waals surface area contributed by atoms with Crippen LogP contribution in [-0.2, 0) is 9.47 Å². The van der Waals surface area contributed by atoms with Crippen LogP contribution in [0.1, 0.15) is 33.6 Å². The third kappa shape index (κ3) is 1.95. The molecule has 1 fully saturated rings. The van der Waals surface area contributed by atoms with Crippen molar-refractivity contribution in [3.05, 3.63) is 0 Å². The van der Waals surface area contributed by atoms with Gasteiger partial charge in [0.05, 0.1) is 6.10 Å². The number of ether oxygens (including phenoxy) is 2. The van der Waals surface area contributed by atoms with Crippen molar-refractivity contribution in [2.75, 3.05) is 14.2 Å². The van der Waals surface area contributed by atoms with Gasteiger partial charge in [-0.2, -0.15) is 0 Å². The van der Waals surface area contributed by atoms with Gasteiger partial charge in [0.25, 0.3) is 0 Å². The molecule has 0 bridgehead atoms. The Kier molecular flexibility index (Phi) is 3.24. The Hall–Kier alpha value is -0.120. The summed E-state index contributed by atoms with van der Waals surface area (Å²) < 4.78 is 10.5. The number of aliphatic hydroxyl groups excluding tert-OH is 1. The summed E-state index contributed by atoms with van der Waals surface area (Å²) in [5.41, 5.74) is -0.115. The molecule has 0 saturated heterocycles. The Labute approximate surface area is 86.4 Å². The predicted molar refractivity (Wildman–Crippen MR) is 54.9 cm³/mol. The van der Waals surface area contributed by atoms with Gasteiger partial charge >= 0.3 is 0 Å². The fraction of sp³-hybridized carbons (Fsp3) is 1.00. The van der Waals surface area contributed by atoms with Crippen LogP contribution in [0.4, 0.5) is 0 Å². The molecular formula is C11H22O3. The van der Waals surface area contributed by atoms with E-state index in [1.807, 2.05) is 6.92 Å². The van der Waals surface area contributed by atoms with Gasteiger partial charge in [0.2, 0.25) is 0 Å². The molecule has 1 N–H and O–H groups in total. The summed E-state index contributed by atoms with van der Waals surface area (Å²) in [6.07, 6.45) is 1.07. The molecule has 0 aliphatic heterocycles.